The van der Waals surface area contributed by atoms with E-state index in [1.165, 1.54) is 6.92 Å². The zero-order valence-electron chi connectivity index (χ0n) is 12.6. The average molecular weight is 263 g/mol. The number of carbonyl (C=O) groups excluding carboxylic acids is 2. The maximum absolute atomic E-state index is 11.6. The second kappa shape index (κ2) is 8.59. The Balaban J connectivity index is 0.00000154. The predicted molar refractivity (Wildman–Crippen MR) is 79.3 cm³/mol. The van der Waals surface area contributed by atoms with E-state index in [0.717, 1.165) is 5.56 Å². The highest BCUT2D eigenvalue weighted by Gasteiger charge is 2.17. The molecule has 0 aliphatic rings. The van der Waals surface area contributed by atoms with E-state index in [-0.39, 0.29) is 17.5 Å². The Hall–Kier alpha value is -1.48. The highest BCUT2D eigenvalue weighted by molar-refractivity contribution is 5.94. The summed E-state index contributed by atoms with van der Waals surface area (Å²) in [4.78, 5) is 22.7. The monoisotopic (exact) mass is 263 g/mol. The normalized spacial score (nSPS) is 11.5. The predicted octanol–water partition coefficient (Wildman–Crippen LogP) is 3.01. The highest BCUT2D eigenvalue weighted by Crippen LogP contribution is 2.09. The fraction of sp³-hybridized carbons (Fsp3) is 0.500. The molecule has 1 atom stereocenters. The van der Waals surface area contributed by atoms with Gasteiger partial charge in [0, 0.05) is 11.5 Å². The number of Topliss-reactive ketones (excluding diaryl/α,β-unsaturated/α-hetero) is 2. The Kier molecular flexibility index (Phi) is 7.92. The largest absolute Gasteiger partial charge is 0.321 e. The van der Waals surface area contributed by atoms with Crippen LogP contribution in [0.25, 0.3) is 0 Å². The topological polar surface area (TPSA) is 60.2 Å². The molecule has 0 heterocycles. The first-order valence-corrected chi connectivity index (χ1v) is 6.81. The molecule has 106 valence electrons. The van der Waals surface area contributed by atoms with Crippen LogP contribution in [0.2, 0.25) is 0 Å². The van der Waals surface area contributed by atoms with Crippen LogP contribution in [0.15, 0.2) is 24.3 Å². The maximum Gasteiger partial charge on any atom is 0.159 e. The van der Waals surface area contributed by atoms with E-state index in [1.807, 2.05) is 39.8 Å². The lowest BCUT2D eigenvalue weighted by atomic mass is 9.96. The minimum Gasteiger partial charge on any atom is -0.321 e. The van der Waals surface area contributed by atoms with Gasteiger partial charge in [-0.1, -0.05) is 52.0 Å². The van der Waals surface area contributed by atoms with Crippen LogP contribution < -0.4 is 5.73 Å². The Bertz CT molecular complexity index is 407. The van der Waals surface area contributed by atoms with Gasteiger partial charge in [-0.25, -0.2) is 0 Å². The van der Waals surface area contributed by atoms with Crippen LogP contribution >= 0.6 is 0 Å². The molecule has 0 spiro atoms. The molecule has 0 amide bonds. The number of rotatable bonds is 5. The molecule has 1 aromatic rings. The van der Waals surface area contributed by atoms with Gasteiger partial charge in [-0.3, -0.25) is 9.59 Å². The van der Waals surface area contributed by atoms with Gasteiger partial charge < -0.3 is 5.73 Å². The molecule has 0 fully saturated rings. The summed E-state index contributed by atoms with van der Waals surface area (Å²) >= 11 is 0. The first-order valence-electron chi connectivity index (χ1n) is 6.81. The third-order valence-electron chi connectivity index (χ3n) is 2.75. The van der Waals surface area contributed by atoms with Crippen molar-refractivity contribution in [1.29, 1.82) is 0 Å². The van der Waals surface area contributed by atoms with E-state index in [0.29, 0.717) is 12.0 Å². The molecule has 1 rings (SSSR count). The summed E-state index contributed by atoms with van der Waals surface area (Å²) in [7, 11) is 0. The van der Waals surface area contributed by atoms with Crippen LogP contribution in [0.1, 0.15) is 50.5 Å². The number of carbonyl (C=O) groups is 2. The first kappa shape index (κ1) is 17.5. The van der Waals surface area contributed by atoms with Gasteiger partial charge >= 0.3 is 0 Å². The molecular weight excluding hydrogens is 238 g/mol. The molecular formula is C16H25NO2. The molecule has 3 nitrogen and oxygen atoms in total. The van der Waals surface area contributed by atoms with Crippen molar-refractivity contribution >= 4 is 11.6 Å². The van der Waals surface area contributed by atoms with Crippen molar-refractivity contribution < 1.29 is 9.59 Å². The summed E-state index contributed by atoms with van der Waals surface area (Å²) < 4.78 is 0. The number of hydrogen-bond acceptors (Lipinski definition) is 3. The molecule has 2 N–H and O–H groups in total. The zero-order valence-corrected chi connectivity index (χ0v) is 12.6. The quantitative estimate of drug-likeness (QED) is 0.831. The lowest BCUT2D eigenvalue weighted by molar-refractivity contribution is -0.123. The van der Waals surface area contributed by atoms with E-state index >= 15 is 0 Å². The Morgan fingerprint density at radius 1 is 1.11 bits per heavy atom. The summed E-state index contributed by atoms with van der Waals surface area (Å²) in [6, 6.07) is 6.78. The van der Waals surface area contributed by atoms with Gasteiger partial charge in [0.05, 0.1) is 6.04 Å². The standard InChI is InChI=1S/C14H19NO2.C2H6/c1-9(2)14(17)13(15)8-11-4-6-12(7-5-11)10(3)16;1-2/h4-7,9,13H,8,15H2,1-3H3;1-2H3. The number of hydrogen-bond donors (Lipinski definition) is 1. The minimum absolute atomic E-state index is 0.0403. The second-order valence-corrected chi connectivity index (χ2v) is 4.62. The van der Waals surface area contributed by atoms with E-state index in [4.69, 9.17) is 5.73 Å². The van der Waals surface area contributed by atoms with Crippen LogP contribution in [-0.4, -0.2) is 17.6 Å². The van der Waals surface area contributed by atoms with Gasteiger partial charge in [0.1, 0.15) is 0 Å². The van der Waals surface area contributed by atoms with Crippen LogP contribution in [0.3, 0.4) is 0 Å². The fourth-order valence-electron chi connectivity index (χ4n) is 1.66. The second-order valence-electron chi connectivity index (χ2n) is 4.62. The summed E-state index contributed by atoms with van der Waals surface area (Å²) in [6.45, 7) is 9.23. The molecule has 19 heavy (non-hydrogen) atoms. The van der Waals surface area contributed by atoms with E-state index < -0.39 is 6.04 Å². The lowest BCUT2D eigenvalue weighted by Gasteiger charge is -2.13. The highest BCUT2D eigenvalue weighted by atomic mass is 16.1. The van der Waals surface area contributed by atoms with Crippen molar-refractivity contribution in [1.82, 2.24) is 0 Å². The van der Waals surface area contributed by atoms with Gasteiger partial charge in [-0.15, -0.1) is 0 Å². The average Bonchev–Trinajstić information content (AvgIpc) is 2.40. The Morgan fingerprint density at radius 3 is 1.95 bits per heavy atom. The summed E-state index contributed by atoms with van der Waals surface area (Å²) in [5, 5.41) is 0. The minimum atomic E-state index is -0.460. The molecule has 1 unspecified atom stereocenters. The van der Waals surface area contributed by atoms with Gasteiger partial charge in [0.2, 0.25) is 0 Å². The third-order valence-corrected chi connectivity index (χ3v) is 2.75. The van der Waals surface area contributed by atoms with E-state index in [1.54, 1.807) is 12.1 Å². The third kappa shape index (κ3) is 5.79. The molecule has 1 aromatic carbocycles. The van der Waals surface area contributed by atoms with Crippen molar-refractivity contribution in [3.8, 4) is 0 Å². The van der Waals surface area contributed by atoms with Gasteiger partial charge in [0.15, 0.2) is 11.6 Å². The molecule has 0 radical (unpaired) electrons. The van der Waals surface area contributed by atoms with Gasteiger partial charge in [-0.2, -0.15) is 0 Å². The van der Waals surface area contributed by atoms with Crippen molar-refractivity contribution in [2.24, 2.45) is 11.7 Å². The first-order chi connectivity index (χ1) is 8.91. The number of ketones is 2. The van der Waals surface area contributed by atoms with E-state index in [9.17, 15) is 9.59 Å². The van der Waals surface area contributed by atoms with Gasteiger partial charge in [-0.05, 0) is 18.9 Å². The molecule has 0 aromatic heterocycles. The molecule has 0 aliphatic heterocycles. The summed E-state index contributed by atoms with van der Waals surface area (Å²) in [5.41, 5.74) is 7.49. The molecule has 0 saturated heterocycles. The number of benzene rings is 1. The fourth-order valence-corrected chi connectivity index (χ4v) is 1.66. The Morgan fingerprint density at radius 2 is 1.58 bits per heavy atom. The van der Waals surface area contributed by atoms with Crippen molar-refractivity contribution in [3.05, 3.63) is 35.4 Å². The van der Waals surface area contributed by atoms with Gasteiger partial charge in [0.25, 0.3) is 0 Å². The maximum atomic E-state index is 11.6. The summed E-state index contributed by atoms with van der Waals surface area (Å²) in [5.74, 6) is 0.0706. The van der Waals surface area contributed by atoms with Crippen molar-refractivity contribution in [3.63, 3.8) is 0 Å². The smallest absolute Gasteiger partial charge is 0.159 e. The molecule has 0 saturated carbocycles. The van der Waals surface area contributed by atoms with Crippen LogP contribution in [0.4, 0.5) is 0 Å². The van der Waals surface area contributed by atoms with Crippen molar-refractivity contribution in [2.45, 2.75) is 47.1 Å². The van der Waals surface area contributed by atoms with Crippen LogP contribution in [0, 0.1) is 5.92 Å². The van der Waals surface area contributed by atoms with Crippen molar-refractivity contribution in [2.75, 3.05) is 0 Å². The van der Waals surface area contributed by atoms with E-state index in [2.05, 4.69) is 0 Å². The molecule has 0 bridgehead atoms. The Labute approximate surface area is 116 Å². The number of nitrogens with two attached hydrogens (primary N) is 1. The summed E-state index contributed by atoms with van der Waals surface area (Å²) in [6.07, 6.45) is 0.523. The van der Waals surface area contributed by atoms with Crippen LogP contribution in [0.5, 0.6) is 0 Å². The zero-order chi connectivity index (χ0) is 15.0. The molecule has 3 heteroatoms. The van der Waals surface area contributed by atoms with Crippen LogP contribution in [-0.2, 0) is 11.2 Å². The SMILES string of the molecule is CC.CC(=O)c1ccc(CC(N)C(=O)C(C)C)cc1. The lowest BCUT2D eigenvalue weighted by Crippen LogP contribution is -2.35. The molecule has 0 aliphatic carbocycles.